The summed E-state index contributed by atoms with van der Waals surface area (Å²) in [6.45, 7) is 1.98. The smallest absolute Gasteiger partial charge is 0.155 e. The number of aliphatic hydroxyl groups excluding tert-OH is 1. The van der Waals surface area contributed by atoms with E-state index in [1.54, 1.807) is 0 Å². The summed E-state index contributed by atoms with van der Waals surface area (Å²) in [4.78, 5) is 0. The van der Waals surface area contributed by atoms with E-state index < -0.39 is 11.1 Å². The predicted octanol–water partition coefficient (Wildman–Crippen LogP) is 0.759. The average molecular weight is 166 g/mol. The van der Waals surface area contributed by atoms with Crippen molar-refractivity contribution < 1.29 is 13.9 Å². The fourth-order valence-corrected chi connectivity index (χ4v) is 1.42. The monoisotopic (exact) mass is 166 g/mol. The van der Waals surface area contributed by atoms with Crippen molar-refractivity contribution in [1.82, 2.24) is 0 Å². The zero-order chi connectivity index (χ0) is 7.98. The molecule has 0 aromatic rings. The summed E-state index contributed by atoms with van der Waals surface area (Å²) in [5, 5.41) is 8.25. The van der Waals surface area contributed by atoms with E-state index in [4.69, 9.17) is 9.66 Å². The topological polar surface area (TPSA) is 57.5 Å². The third-order valence-corrected chi connectivity index (χ3v) is 2.56. The third kappa shape index (κ3) is 3.98. The van der Waals surface area contributed by atoms with Gasteiger partial charge < -0.3 is 9.66 Å². The van der Waals surface area contributed by atoms with E-state index in [0.717, 1.165) is 0 Å². The van der Waals surface area contributed by atoms with Gasteiger partial charge in [0.05, 0.1) is 5.25 Å². The van der Waals surface area contributed by atoms with Gasteiger partial charge in [-0.25, -0.2) is 4.21 Å². The Hall–Kier alpha value is 0.0700. The second-order valence-corrected chi connectivity index (χ2v) is 3.39. The van der Waals surface area contributed by atoms with Gasteiger partial charge in [-0.05, 0) is 19.3 Å². The first-order chi connectivity index (χ1) is 4.72. The molecule has 0 aliphatic heterocycles. The van der Waals surface area contributed by atoms with Crippen LogP contribution in [0.1, 0.15) is 26.2 Å². The Kier molecular flexibility index (Phi) is 5.87. The van der Waals surface area contributed by atoms with Crippen LogP contribution in [0.15, 0.2) is 0 Å². The van der Waals surface area contributed by atoms with E-state index >= 15 is 0 Å². The fraction of sp³-hybridized carbons (Fsp3) is 1.00. The first-order valence-corrected chi connectivity index (χ1v) is 4.59. The van der Waals surface area contributed by atoms with Gasteiger partial charge in [0.2, 0.25) is 0 Å². The van der Waals surface area contributed by atoms with Gasteiger partial charge in [-0.1, -0.05) is 6.92 Å². The number of rotatable bonds is 5. The van der Waals surface area contributed by atoms with Gasteiger partial charge in [-0.15, -0.1) is 0 Å². The molecule has 0 saturated heterocycles. The molecule has 2 unspecified atom stereocenters. The van der Waals surface area contributed by atoms with Gasteiger partial charge in [-0.3, -0.25) is 0 Å². The summed E-state index contributed by atoms with van der Waals surface area (Å²) >= 11 is -1.72. The summed E-state index contributed by atoms with van der Waals surface area (Å²) in [7, 11) is 0. The molecule has 0 radical (unpaired) electrons. The van der Waals surface area contributed by atoms with Crippen LogP contribution in [0.4, 0.5) is 0 Å². The molecule has 0 amide bonds. The van der Waals surface area contributed by atoms with E-state index in [0.29, 0.717) is 19.3 Å². The van der Waals surface area contributed by atoms with Crippen molar-refractivity contribution >= 4 is 11.1 Å². The van der Waals surface area contributed by atoms with Gasteiger partial charge in [0, 0.05) is 6.61 Å². The zero-order valence-electron chi connectivity index (χ0n) is 6.12. The molecular formula is C6H14O3S. The van der Waals surface area contributed by atoms with E-state index in [1.165, 1.54) is 0 Å². The highest BCUT2D eigenvalue weighted by molar-refractivity contribution is 7.79. The zero-order valence-corrected chi connectivity index (χ0v) is 6.93. The van der Waals surface area contributed by atoms with Gasteiger partial charge in [0.25, 0.3) is 0 Å². The van der Waals surface area contributed by atoms with Crippen LogP contribution in [-0.2, 0) is 11.1 Å². The van der Waals surface area contributed by atoms with E-state index in [1.807, 2.05) is 6.92 Å². The van der Waals surface area contributed by atoms with Crippen molar-refractivity contribution in [3.63, 3.8) is 0 Å². The highest BCUT2D eigenvalue weighted by atomic mass is 32.2. The molecule has 0 aromatic heterocycles. The van der Waals surface area contributed by atoms with Crippen molar-refractivity contribution in [2.24, 2.45) is 0 Å². The Morgan fingerprint density at radius 1 is 1.60 bits per heavy atom. The fourth-order valence-electron chi connectivity index (χ4n) is 0.766. The third-order valence-electron chi connectivity index (χ3n) is 1.42. The molecule has 62 valence electrons. The highest BCUT2D eigenvalue weighted by Gasteiger charge is 2.10. The van der Waals surface area contributed by atoms with E-state index in [2.05, 4.69) is 0 Å². The maximum Gasteiger partial charge on any atom is 0.155 e. The van der Waals surface area contributed by atoms with E-state index in [-0.39, 0.29) is 11.9 Å². The number of aliphatic hydroxyl groups is 1. The molecule has 2 N–H and O–H groups in total. The maximum atomic E-state index is 10.5. The summed E-state index contributed by atoms with van der Waals surface area (Å²) in [6.07, 6.45) is 1.95. The second kappa shape index (κ2) is 5.82. The van der Waals surface area contributed by atoms with Crippen LogP contribution < -0.4 is 0 Å². The Bertz CT molecular complexity index is 105. The molecule has 0 rings (SSSR count). The van der Waals surface area contributed by atoms with Gasteiger partial charge >= 0.3 is 0 Å². The predicted molar refractivity (Wildman–Crippen MR) is 41.2 cm³/mol. The Morgan fingerprint density at radius 3 is 2.50 bits per heavy atom. The molecule has 0 bridgehead atoms. The van der Waals surface area contributed by atoms with Gasteiger partial charge in [0.1, 0.15) is 0 Å². The standard InChI is InChI=1S/C6H14O3S/c1-2-6(10(8)9)4-3-5-7/h6-7H,2-5H2,1H3,(H,8,9). The van der Waals surface area contributed by atoms with Crippen LogP contribution >= 0.6 is 0 Å². The molecule has 0 aliphatic rings. The number of hydrogen-bond donors (Lipinski definition) is 2. The van der Waals surface area contributed by atoms with Gasteiger partial charge in [-0.2, -0.15) is 0 Å². The average Bonchev–Trinajstić information content (AvgIpc) is 1.89. The maximum absolute atomic E-state index is 10.5. The van der Waals surface area contributed by atoms with Crippen LogP contribution in [-0.4, -0.2) is 25.7 Å². The Morgan fingerprint density at radius 2 is 2.20 bits per heavy atom. The quantitative estimate of drug-likeness (QED) is 0.593. The van der Waals surface area contributed by atoms with Crippen LogP contribution in [0.2, 0.25) is 0 Å². The lowest BCUT2D eigenvalue weighted by atomic mass is 10.2. The minimum Gasteiger partial charge on any atom is -0.396 e. The van der Waals surface area contributed by atoms with Crippen LogP contribution in [0.5, 0.6) is 0 Å². The van der Waals surface area contributed by atoms with Crippen LogP contribution in [0.3, 0.4) is 0 Å². The van der Waals surface area contributed by atoms with Crippen molar-refractivity contribution in [2.75, 3.05) is 6.61 Å². The summed E-state index contributed by atoms with van der Waals surface area (Å²) in [6, 6.07) is 0. The highest BCUT2D eigenvalue weighted by Crippen LogP contribution is 2.06. The largest absolute Gasteiger partial charge is 0.396 e. The summed E-state index contributed by atoms with van der Waals surface area (Å²) < 4.78 is 19.1. The SMILES string of the molecule is CCC(CCCO)S(=O)O. The summed E-state index contributed by atoms with van der Waals surface area (Å²) in [5.41, 5.74) is 0. The van der Waals surface area contributed by atoms with Crippen LogP contribution in [0.25, 0.3) is 0 Å². The molecule has 0 aromatic carbocycles. The molecular weight excluding hydrogens is 152 g/mol. The lowest BCUT2D eigenvalue weighted by Crippen LogP contribution is -2.13. The molecule has 0 spiro atoms. The lowest BCUT2D eigenvalue weighted by Gasteiger charge is -2.07. The van der Waals surface area contributed by atoms with Crippen molar-refractivity contribution in [2.45, 2.75) is 31.4 Å². The molecule has 3 nitrogen and oxygen atoms in total. The van der Waals surface area contributed by atoms with Crippen molar-refractivity contribution in [3.05, 3.63) is 0 Å². The summed E-state index contributed by atoms with van der Waals surface area (Å²) in [5.74, 6) is 0. The molecule has 0 saturated carbocycles. The Balaban J connectivity index is 3.50. The minimum absolute atomic E-state index is 0.105. The molecule has 0 heterocycles. The molecule has 0 fully saturated rings. The number of hydrogen-bond acceptors (Lipinski definition) is 2. The van der Waals surface area contributed by atoms with Crippen LogP contribution in [0, 0.1) is 0 Å². The second-order valence-electron chi connectivity index (χ2n) is 2.17. The Labute approximate surface area is 63.7 Å². The molecule has 0 aliphatic carbocycles. The normalized spacial score (nSPS) is 16.7. The van der Waals surface area contributed by atoms with Gasteiger partial charge in [0.15, 0.2) is 11.1 Å². The molecule has 2 atom stereocenters. The van der Waals surface area contributed by atoms with Crippen molar-refractivity contribution in [3.8, 4) is 0 Å². The molecule has 4 heteroatoms. The minimum atomic E-state index is -1.72. The first kappa shape index (κ1) is 10.1. The molecule has 10 heavy (non-hydrogen) atoms. The van der Waals surface area contributed by atoms with E-state index in [9.17, 15) is 4.21 Å². The van der Waals surface area contributed by atoms with Crippen molar-refractivity contribution in [1.29, 1.82) is 0 Å². The lowest BCUT2D eigenvalue weighted by molar-refractivity contribution is 0.283. The first-order valence-electron chi connectivity index (χ1n) is 3.42.